The molecule has 1 aromatic rings. The van der Waals surface area contributed by atoms with Crippen LogP contribution in [0.5, 0.6) is 0 Å². The minimum absolute atomic E-state index is 0.596. The summed E-state index contributed by atoms with van der Waals surface area (Å²) >= 11 is 5.08. The van der Waals surface area contributed by atoms with Crippen molar-refractivity contribution >= 4 is 23.0 Å². The maximum atomic E-state index is 5.08. The van der Waals surface area contributed by atoms with E-state index in [9.17, 15) is 0 Å². The number of thiocarbonyl (C=S) groups is 1. The first-order valence-corrected chi connectivity index (χ1v) is 4.80. The molecule has 76 valence electrons. The molecule has 1 rings (SSSR count). The molecule has 0 aromatic heterocycles. The SMILES string of the molecule is Cc1ccc(NC(=S)NN(C)C)cc1. The zero-order valence-corrected chi connectivity index (χ0v) is 9.48. The second-order valence-electron chi connectivity index (χ2n) is 3.33. The van der Waals surface area contributed by atoms with Crippen molar-refractivity contribution in [2.75, 3.05) is 19.4 Å². The van der Waals surface area contributed by atoms with Crippen molar-refractivity contribution < 1.29 is 0 Å². The summed E-state index contributed by atoms with van der Waals surface area (Å²) in [6, 6.07) is 8.08. The molecule has 0 radical (unpaired) electrons. The maximum Gasteiger partial charge on any atom is 0.185 e. The summed E-state index contributed by atoms with van der Waals surface area (Å²) in [4.78, 5) is 0. The van der Waals surface area contributed by atoms with E-state index >= 15 is 0 Å². The van der Waals surface area contributed by atoms with Gasteiger partial charge in [0.2, 0.25) is 0 Å². The molecule has 0 amide bonds. The third-order valence-corrected chi connectivity index (χ3v) is 1.83. The maximum absolute atomic E-state index is 5.08. The van der Waals surface area contributed by atoms with Crippen LogP contribution in [0, 0.1) is 6.92 Å². The Morgan fingerprint density at radius 1 is 1.21 bits per heavy atom. The Morgan fingerprint density at radius 3 is 2.29 bits per heavy atom. The van der Waals surface area contributed by atoms with Crippen molar-refractivity contribution in [1.29, 1.82) is 0 Å². The summed E-state index contributed by atoms with van der Waals surface area (Å²) in [5.74, 6) is 0. The van der Waals surface area contributed by atoms with Gasteiger partial charge in [-0.05, 0) is 31.3 Å². The number of aryl methyl sites for hydroxylation is 1. The molecule has 0 saturated carbocycles. The summed E-state index contributed by atoms with van der Waals surface area (Å²) in [5, 5.41) is 5.47. The fourth-order valence-corrected chi connectivity index (χ4v) is 1.30. The Bertz CT molecular complexity index is 306. The number of anilines is 1. The van der Waals surface area contributed by atoms with Gasteiger partial charge < -0.3 is 5.32 Å². The highest BCUT2D eigenvalue weighted by Gasteiger charge is 1.96. The van der Waals surface area contributed by atoms with E-state index in [1.165, 1.54) is 5.56 Å². The topological polar surface area (TPSA) is 27.3 Å². The molecule has 0 atom stereocenters. The molecule has 0 aliphatic heterocycles. The minimum atomic E-state index is 0.596. The van der Waals surface area contributed by atoms with Crippen molar-refractivity contribution in [3.8, 4) is 0 Å². The largest absolute Gasteiger partial charge is 0.332 e. The van der Waals surface area contributed by atoms with Gasteiger partial charge in [-0.25, -0.2) is 5.01 Å². The summed E-state index contributed by atoms with van der Waals surface area (Å²) in [7, 11) is 3.78. The molecule has 4 heteroatoms. The fourth-order valence-electron chi connectivity index (χ4n) is 0.999. The third-order valence-electron chi connectivity index (χ3n) is 1.63. The Morgan fingerprint density at radius 2 is 1.79 bits per heavy atom. The minimum Gasteiger partial charge on any atom is -0.332 e. The van der Waals surface area contributed by atoms with Crippen LogP contribution in [-0.2, 0) is 0 Å². The highest BCUT2D eigenvalue weighted by molar-refractivity contribution is 7.80. The number of hydrogen-bond acceptors (Lipinski definition) is 2. The van der Waals surface area contributed by atoms with Gasteiger partial charge in [0, 0.05) is 19.8 Å². The van der Waals surface area contributed by atoms with Gasteiger partial charge in [-0.15, -0.1) is 0 Å². The molecule has 2 N–H and O–H groups in total. The van der Waals surface area contributed by atoms with Crippen LogP contribution in [0.1, 0.15) is 5.56 Å². The van der Waals surface area contributed by atoms with E-state index in [1.54, 1.807) is 5.01 Å². The number of nitrogens with zero attached hydrogens (tertiary/aromatic N) is 1. The van der Waals surface area contributed by atoms with Gasteiger partial charge in [-0.1, -0.05) is 17.7 Å². The van der Waals surface area contributed by atoms with Crippen LogP contribution in [0.3, 0.4) is 0 Å². The molecule has 0 spiro atoms. The van der Waals surface area contributed by atoms with Crippen LogP contribution >= 0.6 is 12.2 Å². The van der Waals surface area contributed by atoms with Crippen LogP contribution in [0.4, 0.5) is 5.69 Å². The Labute approximate surface area is 90.1 Å². The highest BCUT2D eigenvalue weighted by atomic mass is 32.1. The van der Waals surface area contributed by atoms with E-state index < -0.39 is 0 Å². The number of rotatable bonds is 2. The third kappa shape index (κ3) is 3.72. The molecule has 0 bridgehead atoms. The predicted molar refractivity (Wildman–Crippen MR) is 64.2 cm³/mol. The normalized spacial score (nSPS) is 10.0. The van der Waals surface area contributed by atoms with Gasteiger partial charge in [0.15, 0.2) is 5.11 Å². The van der Waals surface area contributed by atoms with Crippen LogP contribution in [0.2, 0.25) is 0 Å². The van der Waals surface area contributed by atoms with E-state index in [1.807, 2.05) is 38.4 Å². The molecule has 1 aromatic carbocycles. The lowest BCUT2D eigenvalue weighted by molar-refractivity contribution is 0.365. The molecule has 0 aliphatic rings. The van der Waals surface area contributed by atoms with Crippen LogP contribution in [-0.4, -0.2) is 24.2 Å². The van der Waals surface area contributed by atoms with Crippen molar-refractivity contribution in [2.24, 2.45) is 0 Å². The van der Waals surface area contributed by atoms with Crippen molar-refractivity contribution in [2.45, 2.75) is 6.92 Å². The Hall–Kier alpha value is -1.13. The summed E-state index contributed by atoms with van der Waals surface area (Å²) < 4.78 is 0. The van der Waals surface area contributed by atoms with Crippen molar-refractivity contribution in [3.63, 3.8) is 0 Å². The molecular formula is C10H15N3S. The van der Waals surface area contributed by atoms with E-state index in [2.05, 4.69) is 17.7 Å². The summed E-state index contributed by atoms with van der Waals surface area (Å²) in [6.07, 6.45) is 0. The van der Waals surface area contributed by atoms with Gasteiger partial charge in [-0.3, -0.25) is 5.43 Å². The smallest absolute Gasteiger partial charge is 0.185 e. The molecule has 3 nitrogen and oxygen atoms in total. The van der Waals surface area contributed by atoms with Crippen molar-refractivity contribution in [1.82, 2.24) is 10.4 Å². The lowest BCUT2D eigenvalue weighted by atomic mass is 10.2. The second-order valence-corrected chi connectivity index (χ2v) is 3.73. The Balaban J connectivity index is 2.52. The first-order valence-electron chi connectivity index (χ1n) is 4.39. The molecule has 14 heavy (non-hydrogen) atoms. The molecule has 0 heterocycles. The monoisotopic (exact) mass is 209 g/mol. The first-order chi connectivity index (χ1) is 6.58. The average molecular weight is 209 g/mol. The van der Waals surface area contributed by atoms with Gasteiger partial charge in [-0.2, -0.15) is 0 Å². The zero-order chi connectivity index (χ0) is 10.6. The molecule has 0 saturated heterocycles. The fraction of sp³-hybridized carbons (Fsp3) is 0.300. The Kier molecular flexibility index (Phi) is 3.85. The van der Waals surface area contributed by atoms with Crippen LogP contribution in [0.15, 0.2) is 24.3 Å². The van der Waals surface area contributed by atoms with Gasteiger partial charge in [0.1, 0.15) is 0 Å². The molecule has 0 fully saturated rings. The number of benzene rings is 1. The van der Waals surface area contributed by atoms with Gasteiger partial charge >= 0.3 is 0 Å². The zero-order valence-electron chi connectivity index (χ0n) is 8.66. The molecule has 0 unspecified atom stereocenters. The van der Waals surface area contributed by atoms with Crippen LogP contribution in [0.25, 0.3) is 0 Å². The van der Waals surface area contributed by atoms with Gasteiger partial charge in [0.05, 0.1) is 0 Å². The lowest BCUT2D eigenvalue weighted by Gasteiger charge is -2.15. The molecular weight excluding hydrogens is 194 g/mol. The van der Waals surface area contributed by atoms with Crippen LogP contribution < -0.4 is 10.7 Å². The van der Waals surface area contributed by atoms with Crippen molar-refractivity contribution in [3.05, 3.63) is 29.8 Å². The molecule has 0 aliphatic carbocycles. The van der Waals surface area contributed by atoms with E-state index in [4.69, 9.17) is 12.2 Å². The van der Waals surface area contributed by atoms with Gasteiger partial charge in [0.25, 0.3) is 0 Å². The lowest BCUT2D eigenvalue weighted by Crippen LogP contribution is -2.38. The standard InChI is InChI=1S/C10H15N3S/c1-8-4-6-9(7-5-8)11-10(14)12-13(2)3/h4-7H,1-3H3,(H2,11,12,14). The number of hydrazine groups is 1. The summed E-state index contributed by atoms with van der Waals surface area (Å²) in [5.41, 5.74) is 5.19. The second kappa shape index (κ2) is 4.93. The van der Waals surface area contributed by atoms with E-state index in [0.29, 0.717) is 5.11 Å². The van der Waals surface area contributed by atoms with E-state index in [0.717, 1.165) is 5.69 Å². The number of hydrogen-bond donors (Lipinski definition) is 2. The highest BCUT2D eigenvalue weighted by Crippen LogP contribution is 2.07. The van der Waals surface area contributed by atoms with E-state index in [-0.39, 0.29) is 0 Å². The number of nitrogens with one attached hydrogen (secondary N) is 2. The predicted octanol–water partition coefficient (Wildman–Crippen LogP) is 1.76. The summed E-state index contributed by atoms with van der Waals surface area (Å²) in [6.45, 7) is 2.06. The quantitative estimate of drug-likeness (QED) is 0.573. The first kappa shape index (κ1) is 10.9. The average Bonchev–Trinajstić information content (AvgIpc) is 2.07.